The maximum absolute atomic E-state index is 16.7. The number of nitrogens with zero attached hydrogens (tertiary/aromatic N) is 3. The fraction of sp³-hybridized carbons (Fsp3) is 0. The van der Waals surface area contributed by atoms with E-state index in [2.05, 4.69) is 184 Å². The number of hydrogen-bond donors (Lipinski definition) is 0. The van der Waals surface area contributed by atoms with Crippen molar-refractivity contribution in [3.63, 3.8) is 0 Å². The number of carbonyl (C=O) groups is 3. The summed E-state index contributed by atoms with van der Waals surface area (Å²) in [6, 6.07) is 147. The van der Waals surface area contributed by atoms with Crippen LogP contribution in [0.2, 0.25) is 0 Å². The highest BCUT2D eigenvalue weighted by Gasteiger charge is 2.42. The molecule has 0 unspecified atom stereocenters. The molecule has 17 aromatic carbocycles. The number of carbonyl (C=O) groups excluding carboxylic acids is 3. The lowest BCUT2D eigenvalue weighted by atomic mass is 10.0. The van der Waals surface area contributed by atoms with E-state index in [1.54, 1.807) is 9.13 Å². The van der Waals surface area contributed by atoms with Crippen molar-refractivity contribution in [1.29, 1.82) is 0 Å². The molecule has 0 saturated carbocycles. The molecule has 6 nitrogen and oxygen atoms in total. The van der Waals surface area contributed by atoms with E-state index < -0.39 is 32.3 Å². The Hall–Kier alpha value is -17.1. The largest absolute Gasteiger partial charge is 0.276 e. The number of benzene rings is 17. The van der Waals surface area contributed by atoms with E-state index in [4.69, 9.17) is 12.8 Å². The van der Waals surface area contributed by atoms with Crippen molar-refractivity contribution >= 4 is 162 Å². The molecule has 0 aliphatic heterocycles. The lowest BCUT2D eigenvalue weighted by Gasteiger charge is -2.28. The normalized spacial score (nSPS) is 11.3. The first-order chi connectivity index (χ1) is 63.6. The number of terminal acetylenes is 2. The Balaban J connectivity index is 0.785. The van der Waals surface area contributed by atoms with Crippen molar-refractivity contribution in [1.82, 2.24) is 13.7 Å². The van der Waals surface area contributed by atoms with E-state index >= 15 is 14.4 Å². The summed E-state index contributed by atoms with van der Waals surface area (Å²) in [6.07, 6.45) is 13.7. The molecule has 0 radical (unpaired) electrons. The van der Waals surface area contributed by atoms with Crippen LogP contribution in [0.25, 0.3) is 65.4 Å². The van der Waals surface area contributed by atoms with Gasteiger partial charge in [-0.3, -0.25) is 28.1 Å². The quantitative estimate of drug-likeness (QED) is 0.0695. The standard InChI is InChI=1S/C119H75N3O3Si4/c1-3-126(93-41-13-5-14-42-93,94-43-15-6-16-44-94)82-77-90-71-69-88(85-108(90)117(123)120-111-63-35-29-57-102(111)103-58-30-36-64-112(103)120)75-80-127(95-45-17-7-18-46-95,96-47-19-8-20-48-96)83-78-91-72-70-89(86-109(91)118(124)121-113-65-37-31-59-104(113)105-60-32-38-66-114(105)121)76-81-128(97-49-21-9-22-50-97,98-51-23-10-24-52-98)84-79-92-73-74-101(129(4-2,99-53-25-11-26-54-99)100-55-27-12-28-56-100)87-110(92)119(125)122-115-67-39-33-61-106(115)107-62-34-40-68-116(107)122/h1-2,5-74,85-87H. The van der Waals surface area contributed by atoms with Gasteiger partial charge in [0.1, 0.15) is 0 Å². The molecule has 3 aromatic heterocycles. The van der Waals surface area contributed by atoms with Gasteiger partial charge in [0.25, 0.3) is 41.9 Å². The predicted octanol–water partition coefficient (Wildman–Crippen LogP) is 17.5. The van der Waals surface area contributed by atoms with Crippen molar-refractivity contribution in [3.8, 4) is 81.3 Å². The van der Waals surface area contributed by atoms with Crippen LogP contribution < -0.4 is 46.7 Å². The van der Waals surface area contributed by atoms with Crippen molar-refractivity contribution in [3.05, 3.63) is 487 Å². The zero-order chi connectivity index (χ0) is 87.3. The topological polar surface area (TPSA) is 66.0 Å². The van der Waals surface area contributed by atoms with Gasteiger partial charge in [-0.1, -0.05) is 415 Å². The lowest BCUT2D eigenvalue weighted by molar-refractivity contribution is 0.0961. The van der Waals surface area contributed by atoms with Crippen LogP contribution in [-0.2, 0) is 0 Å². The van der Waals surface area contributed by atoms with Gasteiger partial charge in [-0.15, -0.1) is 23.9 Å². The van der Waals surface area contributed by atoms with Crippen molar-refractivity contribution < 1.29 is 14.4 Å². The maximum Gasteiger partial charge on any atom is 0.276 e. The summed E-state index contributed by atoms with van der Waals surface area (Å²) in [7, 11) is -14.1. The van der Waals surface area contributed by atoms with E-state index in [0.29, 0.717) is 44.5 Å². The predicted molar refractivity (Wildman–Crippen MR) is 540 cm³/mol. The summed E-state index contributed by atoms with van der Waals surface area (Å²) >= 11 is 0. The number of hydrogen-bond acceptors (Lipinski definition) is 3. The fourth-order valence-corrected chi connectivity index (χ4v) is 30.6. The van der Waals surface area contributed by atoms with Crippen LogP contribution in [0.15, 0.2) is 443 Å². The third-order valence-electron chi connectivity index (χ3n) is 24.6. The highest BCUT2D eigenvalue weighted by Crippen LogP contribution is 2.35. The summed E-state index contributed by atoms with van der Waals surface area (Å²) in [6.45, 7) is 0. The Morgan fingerprint density at radius 2 is 0.419 bits per heavy atom. The molecule has 3 heterocycles. The van der Waals surface area contributed by atoms with Gasteiger partial charge in [-0.2, -0.15) is 0 Å². The molecular weight excluding hydrogens is 1630 g/mol. The first kappa shape index (κ1) is 80.4. The average molecular weight is 1710 g/mol. The van der Waals surface area contributed by atoms with E-state index in [-0.39, 0.29) is 17.7 Å². The van der Waals surface area contributed by atoms with Crippen LogP contribution >= 0.6 is 0 Å². The molecule has 20 aromatic rings. The number of para-hydroxylation sites is 6. The zero-order valence-corrected chi connectivity index (χ0v) is 73.9. The van der Waals surface area contributed by atoms with Gasteiger partial charge < -0.3 is 0 Å². The van der Waals surface area contributed by atoms with Gasteiger partial charge in [-0.25, -0.2) is 0 Å². The summed E-state index contributed by atoms with van der Waals surface area (Å²) in [5, 5.41) is 14.0. The van der Waals surface area contributed by atoms with Gasteiger partial charge in [0.15, 0.2) is 0 Å². The van der Waals surface area contributed by atoms with E-state index in [9.17, 15) is 0 Å². The van der Waals surface area contributed by atoms with E-state index in [1.807, 2.05) is 332 Å². The maximum atomic E-state index is 16.7. The Morgan fingerprint density at radius 1 is 0.202 bits per heavy atom. The van der Waals surface area contributed by atoms with Crippen LogP contribution in [0.4, 0.5) is 0 Å². The molecule has 129 heavy (non-hydrogen) atoms. The molecule has 0 saturated heterocycles. The molecule has 0 spiro atoms. The van der Waals surface area contributed by atoms with Gasteiger partial charge in [0, 0.05) is 60.1 Å². The highest BCUT2D eigenvalue weighted by atomic mass is 28.3. The average Bonchev–Trinajstić information content (AvgIpc) is 1.75. The van der Waals surface area contributed by atoms with Crippen LogP contribution in [0, 0.1) is 81.3 Å². The van der Waals surface area contributed by atoms with Gasteiger partial charge in [-0.05, 0) is 132 Å². The Morgan fingerprint density at radius 3 is 0.682 bits per heavy atom. The first-order valence-electron chi connectivity index (χ1n) is 42.7. The molecule has 0 fully saturated rings. The second-order valence-electron chi connectivity index (χ2n) is 31.8. The number of rotatable bonds is 12. The molecule has 0 N–H and O–H groups in total. The number of aromatic nitrogens is 3. The molecule has 0 atom stereocenters. The van der Waals surface area contributed by atoms with Crippen LogP contribution in [0.3, 0.4) is 0 Å². The van der Waals surface area contributed by atoms with Crippen molar-refractivity contribution in [2.75, 3.05) is 0 Å². The smallest absolute Gasteiger partial charge is 0.276 e. The fourth-order valence-electron chi connectivity index (χ4n) is 18.2. The summed E-state index contributed by atoms with van der Waals surface area (Å²) in [5.74, 6) is 17.6. The Kier molecular flexibility index (Phi) is 21.5. The molecular formula is C119H75N3O3Si4. The third-order valence-corrected chi connectivity index (χ3v) is 38.7. The van der Waals surface area contributed by atoms with E-state index in [1.165, 1.54) is 0 Å². The van der Waals surface area contributed by atoms with Gasteiger partial charge in [0.05, 0.1) is 49.8 Å². The minimum Gasteiger partial charge on any atom is -0.276 e. The Bertz CT molecular complexity index is 7980. The first-order valence-corrected chi connectivity index (χ1v) is 50.7. The SMILES string of the molecule is C#C[Si](C#Cc1ccc(C#C[Si](C#Cc2ccc(C#C[Si](C#Cc3ccc([Si](C#C)(c4ccccc4)c4ccccc4)cc3C(=O)n3c4ccccc4c4ccccc43)(c3ccccc3)c3ccccc3)cc2C(=O)n2c3ccccc3c3ccccc32)(c2ccccc2)c2ccccc2)cc1C(=O)n1c2ccccc2c2ccccc21)(c1ccccc1)c1ccccc1. The van der Waals surface area contributed by atoms with Crippen molar-refractivity contribution in [2.45, 2.75) is 0 Å². The van der Waals surface area contributed by atoms with Crippen LogP contribution in [0.5, 0.6) is 0 Å². The highest BCUT2D eigenvalue weighted by molar-refractivity contribution is 7.17. The molecule has 0 bridgehead atoms. The minimum absolute atomic E-state index is 0.260. The zero-order valence-electron chi connectivity index (χ0n) is 69.9. The molecule has 600 valence electrons. The summed E-state index contributed by atoms with van der Waals surface area (Å²) in [5.41, 5.74) is 34.2. The van der Waals surface area contributed by atoms with Crippen molar-refractivity contribution in [2.24, 2.45) is 0 Å². The molecule has 0 aliphatic carbocycles. The van der Waals surface area contributed by atoms with E-state index in [0.717, 1.165) is 112 Å². The summed E-state index contributed by atoms with van der Waals surface area (Å²) < 4.78 is 5.40. The minimum atomic E-state index is -3.74. The van der Waals surface area contributed by atoms with Crippen LogP contribution in [-0.4, -0.2) is 63.7 Å². The second kappa shape index (κ2) is 34.6. The molecule has 0 aliphatic rings. The monoisotopic (exact) mass is 1710 g/mol. The number of fused-ring (bicyclic) bond motifs is 9. The lowest BCUT2D eigenvalue weighted by Crippen LogP contribution is -2.66. The molecule has 10 heteroatoms. The molecule has 20 rings (SSSR count). The third kappa shape index (κ3) is 14.4. The van der Waals surface area contributed by atoms with Gasteiger partial charge >= 0.3 is 0 Å². The Labute approximate surface area is 753 Å². The summed E-state index contributed by atoms with van der Waals surface area (Å²) in [4.78, 5) is 49.4. The van der Waals surface area contributed by atoms with Crippen LogP contribution in [0.1, 0.15) is 58.9 Å². The van der Waals surface area contributed by atoms with Gasteiger partial charge in [0.2, 0.25) is 8.07 Å². The molecule has 0 amide bonds. The second-order valence-corrected chi connectivity index (χ2v) is 44.8.